The molecule has 14 nitrogen and oxygen atoms in total. The van der Waals surface area contributed by atoms with Gasteiger partial charge in [-0.3, -0.25) is 28.8 Å². The Balaban J connectivity index is 0.00000756. The number of hydrogen-bond acceptors (Lipinski definition) is 10. The Labute approximate surface area is 310 Å². The Kier molecular flexibility index (Phi) is 15.1. The van der Waals surface area contributed by atoms with Gasteiger partial charge in [0.1, 0.15) is 12.1 Å². The monoisotopic (exact) mass is 742 g/mol. The molecule has 4 N–H and O–H groups in total. The van der Waals surface area contributed by atoms with Crippen molar-refractivity contribution in [1.29, 1.82) is 0 Å². The second kappa shape index (κ2) is 19.7. The Morgan fingerprint density at radius 2 is 0.792 bits per heavy atom. The number of rotatable bonds is 14. The number of carbonyl (C=O) groups is 8. The molecule has 0 saturated carbocycles. The van der Waals surface area contributed by atoms with Gasteiger partial charge in [0, 0.05) is 12.8 Å². The molecule has 274 valence electrons. The number of nitrogens with one attached hydrogen (secondary N) is 4. The average molecular weight is 743 g/mol. The summed E-state index contributed by atoms with van der Waals surface area (Å²) in [5.41, 5.74) is 0.427. The first-order chi connectivity index (χ1) is 25.0. The summed E-state index contributed by atoms with van der Waals surface area (Å²) in [6.07, 6.45) is 0.0759. The number of ether oxygens (including phenoxy) is 2. The molecule has 0 fully saturated rings. The number of carbonyl (C=O) groups excluding carboxylic acids is 8. The molecule has 0 aliphatic heterocycles. The summed E-state index contributed by atoms with van der Waals surface area (Å²) >= 11 is 0. The number of benzene rings is 4. The molecule has 53 heavy (non-hydrogen) atoms. The van der Waals surface area contributed by atoms with Crippen LogP contribution in [0, 0.1) is 0 Å². The third-order valence-electron chi connectivity index (χ3n) is 7.61. The first kappa shape index (κ1) is 40.8. The predicted molar refractivity (Wildman–Crippen MR) is 194 cm³/mol. The Bertz CT molecular complexity index is 1850. The number of Topliss-reactive ketones (excluding diaryl/α,β-unsaturated/α-hetero) is 2. The van der Waals surface area contributed by atoms with Crippen LogP contribution in [0.3, 0.4) is 0 Å². The van der Waals surface area contributed by atoms with Gasteiger partial charge < -0.3 is 30.7 Å². The number of esters is 2. The molecule has 0 radical (unpaired) electrons. The molecule has 0 heterocycles. The van der Waals surface area contributed by atoms with E-state index in [9.17, 15) is 38.4 Å². The van der Waals surface area contributed by atoms with E-state index >= 15 is 0 Å². The van der Waals surface area contributed by atoms with Gasteiger partial charge in [-0.25, -0.2) is 9.59 Å². The molecular formula is C38H35ClN4O10. The van der Waals surface area contributed by atoms with Crippen LogP contribution in [0.15, 0.2) is 109 Å². The molecule has 0 aromatic heterocycles. The molecule has 4 rings (SSSR count). The number of ketones is 2. The van der Waals surface area contributed by atoms with Gasteiger partial charge >= 0.3 is 23.8 Å². The van der Waals surface area contributed by atoms with Crippen LogP contribution in [0.2, 0.25) is 0 Å². The van der Waals surface area contributed by atoms with E-state index < -0.39 is 59.2 Å². The minimum Gasteiger partial charge on any atom is -0.467 e. The highest BCUT2D eigenvalue weighted by Gasteiger charge is 2.30. The molecule has 0 aliphatic rings. The van der Waals surface area contributed by atoms with Crippen molar-refractivity contribution < 1.29 is 47.8 Å². The maximum Gasteiger partial charge on any atom is 0.328 e. The summed E-state index contributed by atoms with van der Waals surface area (Å²) < 4.78 is 9.57. The second-order valence-corrected chi connectivity index (χ2v) is 11.1. The smallest absolute Gasteiger partial charge is 0.328 e. The van der Waals surface area contributed by atoms with E-state index in [0.717, 1.165) is 14.2 Å². The standard InChI is InChI=1S/C38H34N4O10.ClH/c1-51-37(49)29(21-23-13-5-3-6-14-23)41-33(45)31(43)25-17-9-11-19-27(25)39-35(47)36(48)40-28-20-12-10-18-26(28)32(44)34(46)42-30(38(50)52-2)22-24-15-7-4-8-16-24;/h3-20,29-30H,21-22H2,1-2H3,(H,39,47)(H,40,48)(H,41,45)(H,42,46);1H/t29-,30-;/m0./s1. The van der Waals surface area contributed by atoms with Gasteiger partial charge in [-0.05, 0) is 35.4 Å². The zero-order valence-corrected chi connectivity index (χ0v) is 29.3. The van der Waals surface area contributed by atoms with Crippen molar-refractivity contribution in [3.8, 4) is 0 Å². The quantitative estimate of drug-likeness (QED) is 0.0845. The van der Waals surface area contributed by atoms with Crippen molar-refractivity contribution in [3.63, 3.8) is 0 Å². The third kappa shape index (κ3) is 11.2. The summed E-state index contributed by atoms with van der Waals surface area (Å²) in [4.78, 5) is 103. The van der Waals surface area contributed by atoms with Crippen LogP contribution < -0.4 is 21.3 Å². The molecule has 0 unspecified atom stereocenters. The van der Waals surface area contributed by atoms with Gasteiger partial charge in [0.25, 0.3) is 23.4 Å². The van der Waals surface area contributed by atoms with E-state index in [1.54, 1.807) is 60.7 Å². The molecule has 4 amide bonds. The molecule has 0 aliphatic carbocycles. The van der Waals surface area contributed by atoms with E-state index in [2.05, 4.69) is 21.3 Å². The molecular weight excluding hydrogens is 708 g/mol. The molecule has 0 saturated heterocycles. The summed E-state index contributed by atoms with van der Waals surface area (Å²) in [7, 11) is 2.28. The summed E-state index contributed by atoms with van der Waals surface area (Å²) in [6, 6.07) is 25.9. The van der Waals surface area contributed by atoms with Gasteiger partial charge in [0.2, 0.25) is 0 Å². The molecule has 15 heteroatoms. The number of methoxy groups -OCH3 is 2. The van der Waals surface area contributed by atoms with E-state index in [4.69, 9.17) is 9.47 Å². The van der Waals surface area contributed by atoms with Crippen LogP contribution in [0.5, 0.6) is 0 Å². The van der Waals surface area contributed by atoms with Gasteiger partial charge in [0.15, 0.2) is 0 Å². The lowest BCUT2D eigenvalue weighted by Gasteiger charge is -2.17. The SMILES string of the molecule is COC(=O)[C@H](Cc1ccccc1)NC(=O)C(=O)c1ccccc1NC(=O)C(=O)Nc1ccccc1C(=O)C(=O)N[C@@H](Cc1ccccc1)C(=O)OC.Cl. The zero-order chi connectivity index (χ0) is 37.6. The highest BCUT2D eigenvalue weighted by molar-refractivity contribution is 6.48. The van der Waals surface area contributed by atoms with E-state index in [1.807, 2.05) is 0 Å². The van der Waals surface area contributed by atoms with E-state index in [-0.39, 0.29) is 47.8 Å². The molecule has 2 atom stereocenters. The topological polar surface area (TPSA) is 203 Å². The Morgan fingerprint density at radius 1 is 0.472 bits per heavy atom. The van der Waals surface area contributed by atoms with Crippen molar-refractivity contribution in [2.75, 3.05) is 24.9 Å². The van der Waals surface area contributed by atoms with Gasteiger partial charge in [-0.1, -0.05) is 84.9 Å². The maximum absolute atomic E-state index is 13.2. The number of hydrogen-bond donors (Lipinski definition) is 4. The van der Waals surface area contributed by atoms with Crippen LogP contribution in [-0.2, 0) is 51.1 Å². The van der Waals surface area contributed by atoms with Crippen molar-refractivity contribution in [3.05, 3.63) is 131 Å². The van der Waals surface area contributed by atoms with Crippen LogP contribution in [0.4, 0.5) is 11.4 Å². The summed E-state index contributed by atoms with van der Waals surface area (Å²) in [5, 5.41) is 9.28. The predicted octanol–water partition coefficient (Wildman–Crippen LogP) is 2.85. The van der Waals surface area contributed by atoms with Crippen molar-refractivity contribution in [2.45, 2.75) is 24.9 Å². The van der Waals surface area contributed by atoms with E-state index in [1.165, 1.54) is 48.5 Å². The fraction of sp³-hybridized carbons (Fsp3) is 0.158. The van der Waals surface area contributed by atoms with Crippen LogP contribution in [0.25, 0.3) is 0 Å². The Morgan fingerprint density at radius 3 is 1.13 bits per heavy atom. The highest BCUT2D eigenvalue weighted by atomic mass is 35.5. The fourth-order valence-corrected chi connectivity index (χ4v) is 5.00. The van der Waals surface area contributed by atoms with Gasteiger partial charge in [-0.15, -0.1) is 12.4 Å². The van der Waals surface area contributed by atoms with Crippen LogP contribution >= 0.6 is 12.4 Å². The summed E-state index contributed by atoms with van der Waals surface area (Å²) in [5.74, 6) is -8.68. The summed E-state index contributed by atoms with van der Waals surface area (Å²) in [6.45, 7) is 0. The minimum atomic E-state index is -1.28. The number of para-hydroxylation sites is 2. The number of amides is 4. The molecule has 0 spiro atoms. The van der Waals surface area contributed by atoms with E-state index in [0.29, 0.717) is 11.1 Å². The molecule has 4 aromatic carbocycles. The average Bonchev–Trinajstić information content (AvgIpc) is 3.17. The Hall–Kier alpha value is -6.67. The molecule has 4 aromatic rings. The van der Waals surface area contributed by atoms with Gasteiger partial charge in [0.05, 0.1) is 36.7 Å². The van der Waals surface area contributed by atoms with Crippen molar-refractivity contribution >= 4 is 70.9 Å². The lowest BCUT2D eigenvalue weighted by atomic mass is 10.0. The van der Waals surface area contributed by atoms with Crippen LogP contribution in [-0.4, -0.2) is 73.4 Å². The maximum atomic E-state index is 13.2. The first-order valence-electron chi connectivity index (χ1n) is 15.8. The van der Waals surface area contributed by atoms with Crippen molar-refractivity contribution in [2.24, 2.45) is 0 Å². The van der Waals surface area contributed by atoms with Gasteiger partial charge in [-0.2, -0.15) is 0 Å². The largest absolute Gasteiger partial charge is 0.467 e. The normalized spacial score (nSPS) is 11.3. The highest BCUT2D eigenvalue weighted by Crippen LogP contribution is 2.19. The van der Waals surface area contributed by atoms with Crippen LogP contribution in [0.1, 0.15) is 31.8 Å². The second-order valence-electron chi connectivity index (χ2n) is 11.1. The first-order valence-corrected chi connectivity index (χ1v) is 15.8. The zero-order valence-electron chi connectivity index (χ0n) is 28.5. The molecule has 0 bridgehead atoms. The number of halogens is 1. The fourth-order valence-electron chi connectivity index (χ4n) is 5.00. The van der Waals surface area contributed by atoms with Crippen molar-refractivity contribution in [1.82, 2.24) is 10.6 Å². The lowest BCUT2D eigenvalue weighted by Crippen LogP contribution is -2.46. The third-order valence-corrected chi connectivity index (χ3v) is 7.61. The minimum absolute atomic E-state index is 0. The number of anilines is 2. The lowest BCUT2D eigenvalue weighted by molar-refractivity contribution is -0.145.